The number of carbonyl (C=O) groups is 2. The Labute approximate surface area is 210 Å². The number of nitrogens with zero attached hydrogens (tertiary/aromatic N) is 1. The predicted molar refractivity (Wildman–Crippen MR) is 110 cm³/mol. The highest BCUT2D eigenvalue weighted by atomic mass is 19.4. The summed E-state index contributed by atoms with van der Waals surface area (Å²) in [5.41, 5.74) is 0.584. The molecule has 0 aliphatic rings. The second-order valence-electron chi connectivity index (χ2n) is 7.45. The van der Waals surface area contributed by atoms with Crippen molar-refractivity contribution >= 4 is 12.1 Å². The second-order valence-corrected chi connectivity index (χ2v) is 7.45. The van der Waals surface area contributed by atoms with Gasteiger partial charge in [-0.25, -0.2) is 9.59 Å². The lowest BCUT2D eigenvalue weighted by Crippen LogP contribution is -2.61. The quantitative estimate of drug-likeness (QED) is 0.307. The minimum Gasteiger partial charge on any atom is -0.492 e. The van der Waals surface area contributed by atoms with E-state index in [0.29, 0.717) is 10.5 Å². The molecule has 1 aromatic carbocycles. The van der Waals surface area contributed by atoms with Crippen molar-refractivity contribution in [3.05, 3.63) is 29.8 Å². The van der Waals surface area contributed by atoms with Crippen LogP contribution in [0.15, 0.2) is 24.3 Å². The molecule has 17 heteroatoms. The molecular formula is C21H24F9NO7. The SMILES string of the molecule is CCOC(Cc1ccc(OCCN(CCOC(F)(F)C(F)(F)C(F)(F)C(F)(F)F)C(=O)OC)cc1)C(=O)O. The number of benzene rings is 1. The second kappa shape index (κ2) is 13.2. The molecular weight excluding hydrogens is 549 g/mol. The summed E-state index contributed by atoms with van der Waals surface area (Å²) in [6.45, 7) is -1.48. The topological polar surface area (TPSA) is 94.5 Å². The van der Waals surface area contributed by atoms with E-state index in [-0.39, 0.29) is 25.4 Å². The third kappa shape index (κ3) is 8.28. The average Bonchev–Trinajstić information content (AvgIpc) is 2.82. The summed E-state index contributed by atoms with van der Waals surface area (Å²) >= 11 is 0. The molecule has 1 N–H and O–H groups in total. The van der Waals surface area contributed by atoms with Crippen LogP contribution in [0.3, 0.4) is 0 Å². The van der Waals surface area contributed by atoms with E-state index in [2.05, 4.69) is 9.47 Å². The van der Waals surface area contributed by atoms with Crippen molar-refractivity contribution in [3.63, 3.8) is 0 Å². The number of aliphatic carboxylic acids is 1. The fraction of sp³-hybridized carbons (Fsp3) is 0.619. The third-order valence-corrected chi connectivity index (χ3v) is 4.81. The van der Waals surface area contributed by atoms with E-state index in [4.69, 9.17) is 14.6 Å². The van der Waals surface area contributed by atoms with Gasteiger partial charge in [0.2, 0.25) is 0 Å². The van der Waals surface area contributed by atoms with Gasteiger partial charge in [-0.2, -0.15) is 39.5 Å². The number of carboxylic acid groups (broad SMARTS) is 1. The highest BCUT2D eigenvalue weighted by molar-refractivity contribution is 5.72. The summed E-state index contributed by atoms with van der Waals surface area (Å²) in [4.78, 5) is 23.5. The van der Waals surface area contributed by atoms with Crippen LogP contribution >= 0.6 is 0 Å². The van der Waals surface area contributed by atoms with Crippen molar-refractivity contribution < 1.29 is 73.2 Å². The number of ether oxygens (including phenoxy) is 4. The Morgan fingerprint density at radius 3 is 1.95 bits per heavy atom. The number of alkyl halides is 9. The Balaban J connectivity index is 2.71. The Morgan fingerprint density at radius 2 is 1.47 bits per heavy atom. The fourth-order valence-electron chi connectivity index (χ4n) is 2.79. The first kappa shape index (κ1) is 33.1. The number of hydrogen-bond acceptors (Lipinski definition) is 6. The molecule has 1 amide bonds. The average molecular weight is 573 g/mol. The maximum absolute atomic E-state index is 13.5. The summed E-state index contributed by atoms with van der Waals surface area (Å²) in [6.07, 6.45) is -15.4. The van der Waals surface area contributed by atoms with Crippen LogP contribution in [0.2, 0.25) is 0 Å². The first-order chi connectivity index (χ1) is 17.4. The zero-order valence-corrected chi connectivity index (χ0v) is 19.9. The lowest BCUT2D eigenvalue weighted by Gasteiger charge is -2.33. The van der Waals surface area contributed by atoms with Crippen LogP contribution in [0.25, 0.3) is 0 Å². The van der Waals surface area contributed by atoms with Gasteiger partial charge in [-0.3, -0.25) is 0 Å². The Bertz CT molecular complexity index is 911. The van der Waals surface area contributed by atoms with Crippen molar-refractivity contribution in [1.82, 2.24) is 4.90 Å². The predicted octanol–water partition coefficient (Wildman–Crippen LogP) is 4.61. The van der Waals surface area contributed by atoms with Crippen LogP contribution in [-0.2, 0) is 25.4 Å². The van der Waals surface area contributed by atoms with E-state index < -0.39 is 62.0 Å². The van der Waals surface area contributed by atoms with Gasteiger partial charge in [0.15, 0.2) is 6.10 Å². The molecule has 1 aromatic rings. The van der Waals surface area contributed by atoms with Crippen LogP contribution < -0.4 is 4.74 Å². The van der Waals surface area contributed by atoms with Gasteiger partial charge >= 0.3 is 36.2 Å². The third-order valence-electron chi connectivity index (χ3n) is 4.81. The summed E-state index contributed by atoms with van der Waals surface area (Å²) in [5.74, 6) is -15.0. The molecule has 1 unspecified atom stereocenters. The van der Waals surface area contributed by atoms with Gasteiger partial charge in [-0.15, -0.1) is 0 Å². The Kier molecular flexibility index (Phi) is 11.5. The van der Waals surface area contributed by atoms with Gasteiger partial charge in [0, 0.05) is 19.6 Å². The van der Waals surface area contributed by atoms with Crippen molar-refractivity contribution in [2.75, 3.05) is 40.0 Å². The molecule has 0 saturated carbocycles. The van der Waals surface area contributed by atoms with Gasteiger partial charge in [-0.05, 0) is 24.6 Å². The fourth-order valence-corrected chi connectivity index (χ4v) is 2.79. The number of halogens is 9. The summed E-state index contributed by atoms with van der Waals surface area (Å²) in [6, 6.07) is 5.93. The lowest BCUT2D eigenvalue weighted by molar-refractivity contribution is -0.443. The maximum atomic E-state index is 13.5. The van der Waals surface area contributed by atoms with Crippen molar-refractivity contribution in [1.29, 1.82) is 0 Å². The van der Waals surface area contributed by atoms with E-state index in [0.717, 1.165) is 7.11 Å². The van der Waals surface area contributed by atoms with Crippen LogP contribution in [0.5, 0.6) is 5.75 Å². The van der Waals surface area contributed by atoms with Gasteiger partial charge in [0.1, 0.15) is 12.4 Å². The number of carboxylic acids is 1. The molecule has 8 nitrogen and oxygen atoms in total. The van der Waals surface area contributed by atoms with E-state index >= 15 is 0 Å². The monoisotopic (exact) mass is 573 g/mol. The van der Waals surface area contributed by atoms with E-state index in [9.17, 15) is 49.1 Å². The molecule has 0 saturated heterocycles. The molecule has 0 aliphatic heterocycles. The molecule has 0 radical (unpaired) electrons. The van der Waals surface area contributed by atoms with E-state index in [1.165, 1.54) is 24.3 Å². The van der Waals surface area contributed by atoms with Crippen molar-refractivity contribution in [2.45, 2.75) is 43.6 Å². The minimum atomic E-state index is -7.10. The molecule has 0 aliphatic carbocycles. The van der Waals surface area contributed by atoms with Crippen molar-refractivity contribution in [2.24, 2.45) is 0 Å². The van der Waals surface area contributed by atoms with Gasteiger partial charge in [0.05, 0.1) is 20.3 Å². The Morgan fingerprint density at radius 1 is 0.921 bits per heavy atom. The number of methoxy groups -OCH3 is 1. The van der Waals surface area contributed by atoms with Gasteiger partial charge < -0.3 is 29.0 Å². The van der Waals surface area contributed by atoms with Crippen LogP contribution in [0.1, 0.15) is 12.5 Å². The first-order valence-electron chi connectivity index (χ1n) is 10.6. The standard InChI is InChI=1S/C21H24F9NO7/c1-3-36-15(16(32)33)12-13-4-6-14(7-5-13)37-10-8-31(17(34)35-2)9-11-38-21(29,30)19(24,25)18(22,23)20(26,27)28/h4-7,15H,3,8-12H2,1-2H3,(H,32,33). The molecule has 218 valence electrons. The highest BCUT2D eigenvalue weighted by Gasteiger charge is 2.82. The Hall–Kier alpha value is -2.95. The first-order valence-corrected chi connectivity index (χ1v) is 10.6. The molecule has 1 rings (SSSR count). The van der Waals surface area contributed by atoms with Gasteiger partial charge in [0.25, 0.3) is 0 Å². The highest BCUT2D eigenvalue weighted by Crippen LogP contribution is 2.53. The smallest absolute Gasteiger partial charge is 0.460 e. The molecule has 0 heterocycles. The number of amides is 1. The molecule has 0 spiro atoms. The molecule has 0 bridgehead atoms. The van der Waals surface area contributed by atoms with Crippen LogP contribution in [0, 0.1) is 0 Å². The van der Waals surface area contributed by atoms with Gasteiger partial charge in [-0.1, -0.05) is 12.1 Å². The summed E-state index contributed by atoms with van der Waals surface area (Å²) < 4.78 is 134. The number of carbonyl (C=O) groups excluding carboxylic acids is 1. The molecule has 1 atom stereocenters. The molecule has 0 fully saturated rings. The summed E-state index contributed by atoms with van der Waals surface area (Å²) in [5, 5.41) is 9.11. The number of rotatable bonds is 15. The van der Waals surface area contributed by atoms with Crippen molar-refractivity contribution in [3.8, 4) is 5.75 Å². The summed E-state index contributed by atoms with van der Waals surface area (Å²) in [7, 11) is 0.870. The van der Waals surface area contributed by atoms with Crippen LogP contribution in [-0.4, -0.2) is 92.3 Å². The normalized spacial score (nSPS) is 13.7. The molecule has 38 heavy (non-hydrogen) atoms. The largest absolute Gasteiger partial charge is 0.492 e. The van der Waals surface area contributed by atoms with Crippen LogP contribution in [0.4, 0.5) is 44.3 Å². The van der Waals surface area contributed by atoms with E-state index in [1.54, 1.807) is 6.92 Å². The molecule has 0 aromatic heterocycles. The lowest BCUT2D eigenvalue weighted by atomic mass is 10.1. The zero-order chi connectivity index (χ0) is 29.4. The maximum Gasteiger partial charge on any atom is 0.460 e. The number of hydrogen-bond donors (Lipinski definition) is 1. The van der Waals surface area contributed by atoms with E-state index in [1.807, 2.05) is 0 Å². The zero-order valence-electron chi connectivity index (χ0n) is 19.9. The minimum absolute atomic E-state index is 0.0537.